The monoisotopic (exact) mass is 351 g/mol. The predicted octanol–water partition coefficient (Wildman–Crippen LogP) is 1.80. The molecule has 1 rings (SSSR count). The molecule has 0 atom stereocenters. The van der Waals surface area contributed by atoms with Crippen molar-refractivity contribution in [3.63, 3.8) is 0 Å². The average molecular weight is 351 g/mol. The molecule has 0 aliphatic carbocycles. The number of hydrogen-bond acceptors (Lipinski definition) is 7. The van der Waals surface area contributed by atoms with Crippen molar-refractivity contribution in [2.45, 2.75) is 13.5 Å². The normalized spacial score (nSPS) is 11.0. The smallest absolute Gasteiger partial charge is 0.343 e. The van der Waals surface area contributed by atoms with Crippen LogP contribution in [0.3, 0.4) is 0 Å². The molecule has 0 radical (unpaired) electrons. The number of rotatable bonds is 10. The molecule has 25 heavy (non-hydrogen) atoms. The summed E-state index contributed by atoms with van der Waals surface area (Å²) in [6.45, 7) is 1.85. The van der Waals surface area contributed by atoms with Crippen LogP contribution in [0.1, 0.15) is 12.5 Å². The Bertz CT molecular complexity index is 624. The average Bonchev–Trinajstić information content (AvgIpc) is 2.59. The Labute approximate surface area is 148 Å². The van der Waals surface area contributed by atoms with Gasteiger partial charge in [-0.1, -0.05) is 6.07 Å². The molecule has 138 valence electrons. The summed E-state index contributed by atoms with van der Waals surface area (Å²) in [4.78, 5) is 25.7. The highest BCUT2D eigenvalue weighted by atomic mass is 16.5. The highest BCUT2D eigenvalue weighted by Gasteiger charge is 2.20. The predicted molar refractivity (Wildman–Crippen MR) is 92.6 cm³/mol. The fourth-order valence-electron chi connectivity index (χ4n) is 2.02. The molecule has 0 fully saturated rings. The second kappa shape index (κ2) is 10.4. The van der Waals surface area contributed by atoms with Crippen LogP contribution < -0.4 is 9.47 Å². The number of Topliss-reactive ketones (excluding diaryl/α,β-unsaturated/α-hetero) is 1. The number of hydrogen-bond donors (Lipinski definition) is 0. The van der Waals surface area contributed by atoms with E-state index < -0.39 is 11.8 Å². The molecular formula is C18H25NO6. The van der Waals surface area contributed by atoms with Crippen molar-refractivity contribution in [2.75, 3.05) is 41.5 Å². The lowest BCUT2D eigenvalue weighted by atomic mass is 10.2. The standard InChI is InChI=1S/C18H25NO6/c1-6-25-18(21)14(10-19(2)3)15(20)12-24-11-13-7-8-16(22-4)17(9-13)23-5/h7-10H,6,11-12H2,1-5H3. The van der Waals surface area contributed by atoms with E-state index in [0.29, 0.717) is 11.5 Å². The van der Waals surface area contributed by atoms with E-state index in [4.69, 9.17) is 18.9 Å². The number of esters is 1. The maximum Gasteiger partial charge on any atom is 0.343 e. The Balaban J connectivity index is 2.70. The minimum atomic E-state index is -0.657. The molecule has 0 spiro atoms. The van der Waals surface area contributed by atoms with Gasteiger partial charge in [0.15, 0.2) is 17.3 Å². The van der Waals surface area contributed by atoms with Gasteiger partial charge in [0.1, 0.15) is 12.2 Å². The lowest BCUT2D eigenvalue weighted by Crippen LogP contribution is -2.22. The van der Waals surface area contributed by atoms with E-state index in [1.807, 2.05) is 6.07 Å². The van der Waals surface area contributed by atoms with Gasteiger partial charge in [-0.15, -0.1) is 0 Å². The van der Waals surface area contributed by atoms with Gasteiger partial charge in [0.25, 0.3) is 0 Å². The highest BCUT2D eigenvalue weighted by molar-refractivity contribution is 6.17. The number of nitrogens with zero attached hydrogens (tertiary/aromatic N) is 1. The fourth-order valence-corrected chi connectivity index (χ4v) is 2.02. The third-order valence-electron chi connectivity index (χ3n) is 3.13. The molecular weight excluding hydrogens is 326 g/mol. The van der Waals surface area contributed by atoms with Crippen LogP contribution in [0.2, 0.25) is 0 Å². The first-order chi connectivity index (χ1) is 11.9. The first-order valence-corrected chi connectivity index (χ1v) is 7.80. The molecule has 0 aliphatic rings. The van der Waals surface area contributed by atoms with Crippen LogP contribution in [-0.2, 0) is 25.7 Å². The molecule has 7 heteroatoms. The van der Waals surface area contributed by atoms with Crippen LogP contribution >= 0.6 is 0 Å². The van der Waals surface area contributed by atoms with Crippen molar-refractivity contribution in [3.05, 3.63) is 35.5 Å². The van der Waals surface area contributed by atoms with Crippen molar-refractivity contribution >= 4 is 11.8 Å². The lowest BCUT2D eigenvalue weighted by Gasteiger charge is -2.12. The molecule has 1 aromatic rings. The number of ether oxygens (including phenoxy) is 4. The van der Waals surface area contributed by atoms with Gasteiger partial charge in [-0.3, -0.25) is 4.79 Å². The van der Waals surface area contributed by atoms with E-state index >= 15 is 0 Å². The zero-order valence-corrected chi connectivity index (χ0v) is 15.3. The van der Waals surface area contributed by atoms with E-state index in [-0.39, 0.29) is 25.4 Å². The fraction of sp³-hybridized carbons (Fsp3) is 0.444. The van der Waals surface area contributed by atoms with Gasteiger partial charge in [-0.05, 0) is 24.6 Å². The summed E-state index contributed by atoms with van der Waals surface area (Å²) in [7, 11) is 6.54. The summed E-state index contributed by atoms with van der Waals surface area (Å²) >= 11 is 0. The van der Waals surface area contributed by atoms with Gasteiger partial charge < -0.3 is 23.8 Å². The summed E-state index contributed by atoms with van der Waals surface area (Å²) in [6, 6.07) is 5.34. The summed E-state index contributed by atoms with van der Waals surface area (Å²) in [5.41, 5.74) is 0.777. The Morgan fingerprint density at radius 3 is 2.36 bits per heavy atom. The Morgan fingerprint density at radius 1 is 1.12 bits per heavy atom. The van der Waals surface area contributed by atoms with Crippen molar-refractivity contribution in [3.8, 4) is 11.5 Å². The lowest BCUT2D eigenvalue weighted by molar-refractivity contribution is -0.140. The Morgan fingerprint density at radius 2 is 1.80 bits per heavy atom. The molecule has 0 aromatic heterocycles. The van der Waals surface area contributed by atoms with Gasteiger partial charge in [-0.25, -0.2) is 4.79 Å². The third-order valence-corrected chi connectivity index (χ3v) is 3.13. The number of carbonyl (C=O) groups excluding carboxylic acids is 2. The zero-order chi connectivity index (χ0) is 18.8. The van der Waals surface area contributed by atoms with Crippen molar-refractivity contribution in [1.82, 2.24) is 4.90 Å². The number of carbonyl (C=O) groups is 2. The van der Waals surface area contributed by atoms with Crippen LogP contribution in [-0.4, -0.2) is 58.2 Å². The van der Waals surface area contributed by atoms with Gasteiger partial charge in [0.2, 0.25) is 0 Å². The molecule has 0 amide bonds. The number of ketones is 1. The molecule has 0 bridgehead atoms. The molecule has 1 aromatic carbocycles. The SMILES string of the molecule is CCOC(=O)C(=CN(C)C)C(=O)COCc1ccc(OC)c(OC)c1. The van der Waals surface area contributed by atoms with Crippen LogP contribution in [0.5, 0.6) is 11.5 Å². The van der Waals surface area contributed by atoms with E-state index in [1.54, 1.807) is 52.3 Å². The number of methoxy groups -OCH3 is 2. The molecule has 0 unspecified atom stereocenters. The van der Waals surface area contributed by atoms with E-state index in [2.05, 4.69) is 0 Å². The molecule has 0 saturated heterocycles. The number of benzene rings is 1. The van der Waals surface area contributed by atoms with Crippen LogP contribution in [0.25, 0.3) is 0 Å². The van der Waals surface area contributed by atoms with Crippen molar-refractivity contribution in [2.24, 2.45) is 0 Å². The van der Waals surface area contributed by atoms with Gasteiger partial charge >= 0.3 is 5.97 Å². The first kappa shape index (κ1) is 20.5. The summed E-state index contributed by atoms with van der Waals surface area (Å²) in [5.74, 6) is 0.0963. The van der Waals surface area contributed by atoms with Crippen LogP contribution in [0, 0.1) is 0 Å². The minimum Gasteiger partial charge on any atom is -0.493 e. The van der Waals surface area contributed by atoms with E-state index in [1.165, 1.54) is 6.20 Å². The van der Waals surface area contributed by atoms with Gasteiger partial charge in [0.05, 0.1) is 27.4 Å². The molecule has 0 heterocycles. The molecule has 7 nitrogen and oxygen atoms in total. The topological polar surface area (TPSA) is 74.3 Å². The van der Waals surface area contributed by atoms with E-state index in [9.17, 15) is 9.59 Å². The van der Waals surface area contributed by atoms with Crippen LogP contribution in [0.15, 0.2) is 30.0 Å². The largest absolute Gasteiger partial charge is 0.493 e. The molecule has 0 aliphatic heterocycles. The summed E-state index contributed by atoms with van der Waals surface area (Å²) in [5, 5.41) is 0. The quantitative estimate of drug-likeness (QED) is 0.275. The summed E-state index contributed by atoms with van der Waals surface area (Å²) in [6.07, 6.45) is 1.43. The second-order valence-corrected chi connectivity index (χ2v) is 5.33. The highest BCUT2D eigenvalue weighted by Crippen LogP contribution is 2.27. The zero-order valence-electron chi connectivity index (χ0n) is 15.3. The Hall–Kier alpha value is -2.54. The van der Waals surface area contributed by atoms with Gasteiger partial charge in [0, 0.05) is 20.3 Å². The van der Waals surface area contributed by atoms with Crippen molar-refractivity contribution < 1.29 is 28.5 Å². The van der Waals surface area contributed by atoms with E-state index in [0.717, 1.165) is 5.56 Å². The van der Waals surface area contributed by atoms with Crippen LogP contribution in [0.4, 0.5) is 0 Å². The second-order valence-electron chi connectivity index (χ2n) is 5.33. The first-order valence-electron chi connectivity index (χ1n) is 7.80. The third kappa shape index (κ3) is 6.46. The van der Waals surface area contributed by atoms with Gasteiger partial charge in [-0.2, -0.15) is 0 Å². The Kier molecular flexibility index (Phi) is 8.49. The maximum atomic E-state index is 12.2. The summed E-state index contributed by atoms with van der Waals surface area (Å²) < 4.78 is 20.7. The van der Waals surface area contributed by atoms with Crippen molar-refractivity contribution in [1.29, 1.82) is 0 Å². The maximum absolute atomic E-state index is 12.2. The molecule has 0 saturated carbocycles. The molecule has 0 N–H and O–H groups in total. The minimum absolute atomic E-state index is 0.0424.